The number of methoxy groups -OCH3 is 3. The van der Waals surface area contributed by atoms with Gasteiger partial charge in [-0.15, -0.1) is 11.3 Å². The number of nitrogens with one attached hydrogen (secondary N) is 1. The number of rotatable bonds is 9. The van der Waals surface area contributed by atoms with Gasteiger partial charge in [-0.05, 0) is 49.3 Å². The number of hydrogen-bond acceptors (Lipinski definition) is 6. The molecule has 158 valence electrons. The summed E-state index contributed by atoms with van der Waals surface area (Å²) in [5.41, 5.74) is 2.12. The van der Waals surface area contributed by atoms with E-state index in [4.69, 9.17) is 14.2 Å². The van der Waals surface area contributed by atoms with Crippen molar-refractivity contribution in [1.82, 2.24) is 4.98 Å². The molecular weight excluding hydrogens is 388 g/mol. The Morgan fingerprint density at radius 1 is 1.21 bits per heavy atom. The number of hydrogen-bond donors (Lipinski definition) is 1. The van der Waals surface area contributed by atoms with Gasteiger partial charge in [-0.1, -0.05) is 19.8 Å². The molecule has 7 heteroatoms. The van der Waals surface area contributed by atoms with Crippen molar-refractivity contribution in [2.45, 2.75) is 51.9 Å². The molecule has 1 N–H and O–H groups in total. The van der Waals surface area contributed by atoms with Gasteiger partial charge in [0.05, 0.1) is 27.0 Å². The molecule has 1 atom stereocenters. The molecule has 1 aliphatic rings. The Morgan fingerprint density at radius 3 is 2.55 bits per heavy atom. The van der Waals surface area contributed by atoms with Crippen LogP contribution in [0, 0.1) is 5.92 Å². The van der Waals surface area contributed by atoms with Crippen molar-refractivity contribution in [3.8, 4) is 17.2 Å². The number of anilines is 1. The first-order valence-corrected chi connectivity index (χ1v) is 11.0. The minimum absolute atomic E-state index is 0.0324. The first-order valence-electron chi connectivity index (χ1n) is 10.1. The second kappa shape index (κ2) is 9.96. The van der Waals surface area contributed by atoms with E-state index in [0.717, 1.165) is 29.5 Å². The van der Waals surface area contributed by atoms with Gasteiger partial charge in [-0.25, -0.2) is 4.98 Å². The lowest BCUT2D eigenvalue weighted by Crippen LogP contribution is -2.13. The van der Waals surface area contributed by atoms with Gasteiger partial charge in [0.1, 0.15) is 0 Å². The molecule has 1 aliphatic carbocycles. The topological polar surface area (TPSA) is 69.7 Å². The quantitative estimate of drug-likeness (QED) is 0.642. The maximum Gasteiger partial charge on any atom is 0.226 e. The first-order chi connectivity index (χ1) is 14.1. The van der Waals surface area contributed by atoms with Crippen LogP contribution in [0.2, 0.25) is 0 Å². The lowest BCUT2D eigenvalue weighted by Gasteiger charge is -2.19. The standard InChI is InChI=1S/C22H30N2O4S/c1-5-6-14-7-9-16-19(13-14)29-22(23-16)24-20(25)10-8-15-11-17(26-2)21(28-4)18(12-15)27-3/h11-12,14H,5-10,13H2,1-4H3,(H,23,24,25). The van der Waals surface area contributed by atoms with Crippen molar-refractivity contribution in [2.24, 2.45) is 5.92 Å². The summed E-state index contributed by atoms with van der Waals surface area (Å²) in [5, 5.41) is 3.70. The molecule has 6 nitrogen and oxygen atoms in total. The fourth-order valence-electron chi connectivity index (χ4n) is 3.87. The second-order valence-electron chi connectivity index (χ2n) is 7.37. The Hall–Kier alpha value is -2.28. The fourth-order valence-corrected chi connectivity index (χ4v) is 5.01. The number of aryl methyl sites for hydroxylation is 2. The summed E-state index contributed by atoms with van der Waals surface area (Å²) in [6.45, 7) is 2.24. The molecule has 0 saturated heterocycles. The van der Waals surface area contributed by atoms with Crippen molar-refractivity contribution in [2.75, 3.05) is 26.6 Å². The number of aromatic nitrogens is 1. The molecule has 1 aromatic heterocycles. The predicted octanol–water partition coefficient (Wildman–Crippen LogP) is 4.65. The van der Waals surface area contributed by atoms with E-state index in [2.05, 4.69) is 17.2 Å². The Balaban J connectivity index is 1.60. The maximum atomic E-state index is 12.5. The molecule has 0 radical (unpaired) electrons. The SMILES string of the molecule is CCCC1CCc2nc(NC(=O)CCc3cc(OC)c(OC)c(OC)c3)sc2C1. The van der Waals surface area contributed by atoms with E-state index in [9.17, 15) is 4.79 Å². The third-order valence-corrected chi connectivity index (χ3v) is 6.39. The summed E-state index contributed by atoms with van der Waals surface area (Å²) >= 11 is 1.63. The molecule has 29 heavy (non-hydrogen) atoms. The maximum absolute atomic E-state index is 12.5. The Kier molecular flexibility index (Phi) is 7.36. The number of thiazole rings is 1. The van der Waals surface area contributed by atoms with Gasteiger partial charge in [0.25, 0.3) is 0 Å². The van der Waals surface area contributed by atoms with E-state index in [0.29, 0.717) is 30.1 Å². The van der Waals surface area contributed by atoms with Gasteiger partial charge in [0, 0.05) is 11.3 Å². The van der Waals surface area contributed by atoms with Crippen LogP contribution in [0.5, 0.6) is 17.2 Å². The predicted molar refractivity (Wildman–Crippen MR) is 116 cm³/mol. The Bertz CT molecular complexity index is 824. The molecule has 0 fully saturated rings. The van der Waals surface area contributed by atoms with Crippen molar-refractivity contribution in [1.29, 1.82) is 0 Å². The molecular formula is C22H30N2O4S. The molecule has 3 rings (SSSR count). The van der Waals surface area contributed by atoms with Gasteiger partial charge in [0.2, 0.25) is 11.7 Å². The van der Waals surface area contributed by atoms with Gasteiger partial charge in [-0.2, -0.15) is 0 Å². The molecule has 0 bridgehead atoms. The zero-order chi connectivity index (χ0) is 20.8. The molecule has 1 aromatic carbocycles. The summed E-state index contributed by atoms with van der Waals surface area (Å²) in [6, 6.07) is 3.76. The molecule has 1 heterocycles. The highest BCUT2D eigenvalue weighted by atomic mass is 32.1. The highest BCUT2D eigenvalue weighted by Crippen LogP contribution is 2.38. The Labute approximate surface area is 176 Å². The van der Waals surface area contributed by atoms with E-state index < -0.39 is 0 Å². The molecule has 1 amide bonds. The summed E-state index contributed by atoms with van der Waals surface area (Å²) in [4.78, 5) is 18.5. The number of nitrogens with zero attached hydrogens (tertiary/aromatic N) is 1. The third kappa shape index (κ3) is 5.21. The van der Waals surface area contributed by atoms with Crippen LogP contribution in [0.25, 0.3) is 0 Å². The van der Waals surface area contributed by atoms with E-state index in [1.54, 1.807) is 32.7 Å². The van der Waals surface area contributed by atoms with Crippen molar-refractivity contribution in [3.63, 3.8) is 0 Å². The van der Waals surface area contributed by atoms with Crippen molar-refractivity contribution < 1.29 is 19.0 Å². The number of carbonyl (C=O) groups is 1. The van der Waals surface area contributed by atoms with Crippen LogP contribution in [-0.2, 0) is 24.1 Å². The molecule has 1 unspecified atom stereocenters. The molecule has 0 aliphatic heterocycles. The first kappa shape index (κ1) is 21.4. The zero-order valence-electron chi connectivity index (χ0n) is 17.7. The number of amides is 1. The Morgan fingerprint density at radius 2 is 1.93 bits per heavy atom. The lowest BCUT2D eigenvalue weighted by atomic mass is 9.88. The summed E-state index contributed by atoms with van der Waals surface area (Å²) in [5.74, 6) is 2.47. The smallest absolute Gasteiger partial charge is 0.226 e. The fraction of sp³-hybridized carbons (Fsp3) is 0.545. The van der Waals surface area contributed by atoms with Crippen LogP contribution >= 0.6 is 11.3 Å². The number of benzene rings is 1. The normalized spacial score (nSPS) is 15.5. The van der Waals surface area contributed by atoms with Crippen LogP contribution in [0.1, 0.15) is 48.7 Å². The van der Waals surface area contributed by atoms with E-state index in [-0.39, 0.29) is 5.91 Å². The van der Waals surface area contributed by atoms with E-state index >= 15 is 0 Å². The van der Waals surface area contributed by atoms with Crippen molar-refractivity contribution >= 4 is 22.4 Å². The average molecular weight is 419 g/mol. The summed E-state index contributed by atoms with van der Waals surface area (Å²) in [6.07, 6.45) is 6.77. The van der Waals surface area contributed by atoms with Crippen LogP contribution in [0.4, 0.5) is 5.13 Å². The van der Waals surface area contributed by atoms with Gasteiger partial charge in [0.15, 0.2) is 16.6 Å². The largest absolute Gasteiger partial charge is 0.493 e. The number of fused-ring (bicyclic) bond motifs is 1. The molecule has 0 spiro atoms. The summed E-state index contributed by atoms with van der Waals surface area (Å²) in [7, 11) is 4.75. The number of carbonyl (C=O) groups excluding carboxylic acids is 1. The lowest BCUT2D eigenvalue weighted by molar-refractivity contribution is -0.116. The van der Waals surface area contributed by atoms with Crippen LogP contribution in [-0.4, -0.2) is 32.2 Å². The number of ether oxygens (including phenoxy) is 3. The zero-order valence-corrected chi connectivity index (χ0v) is 18.5. The molecule has 0 saturated carbocycles. The second-order valence-corrected chi connectivity index (χ2v) is 8.45. The third-order valence-electron chi connectivity index (χ3n) is 5.35. The van der Waals surface area contributed by atoms with Crippen molar-refractivity contribution in [3.05, 3.63) is 28.3 Å². The summed E-state index contributed by atoms with van der Waals surface area (Å²) < 4.78 is 16.1. The minimum atomic E-state index is -0.0324. The van der Waals surface area contributed by atoms with Gasteiger partial charge in [-0.3, -0.25) is 4.79 Å². The average Bonchev–Trinajstić information content (AvgIpc) is 3.12. The minimum Gasteiger partial charge on any atom is -0.493 e. The monoisotopic (exact) mass is 418 g/mol. The van der Waals surface area contributed by atoms with Gasteiger partial charge < -0.3 is 19.5 Å². The highest BCUT2D eigenvalue weighted by molar-refractivity contribution is 7.15. The van der Waals surface area contributed by atoms with E-state index in [1.165, 1.54) is 29.8 Å². The molecule has 2 aromatic rings. The van der Waals surface area contributed by atoms with Crippen LogP contribution in [0.3, 0.4) is 0 Å². The van der Waals surface area contributed by atoms with E-state index in [1.807, 2.05) is 12.1 Å². The van der Waals surface area contributed by atoms with Gasteiger partial charge >= 0.3 is 0 Å². The van der Waals surface area contributed by atoms with Crippen LogP contribution < -0.4 is 19.5 Å². The van der Waals surface area contributed by atoms with Crippen LogP contribution in [0.15, 0.2) is 12.1 Å². The highest BCUT2D eigenvalue weighted by Gasteiger charge is 2.22.